The van der Waals surface area contributed by atoms with Crippen LogP contribution in [0.3, 0.4) is 0 Å². The zero-order chi connectivity index (χ0) is 17.3. The van der Waals surface area contributed by atoms with Crippen molar-refractivity contribution in [3.63, 3.8) is 0 Å². The van der Waals surface area contributed by atoms with E-state index in [0.29, 0.717) is 35.8 Å². The molecule has 1 saturated heterocycles. The molecular weight excluding hydrogens is 328 g/mol. The van der Waals surface area contributed by atoms with Gasteiger partial charge in [0.15, 0.2) is 0 Å². The Morgan fingerprint density at radius 2 is 1.92 bits per heavy atom. The Kier molecular flexibility index (Phi) is 4.71. The average molecular weight is 349 g/mol. The van der Waals surface area contributed by atoms with Gasteiger partial charge < -0.3 is 9.80 Å². The van der Waals surface area contributed by atoms with Crippen molar-refractivity contribution in [2.75, 3.05) is 25.0 Å². The number of hydrogen-bond acceptors (Lipinski definition) is 5. The maximum atomic E-state index is 12.6. The van der Waals surface area contributed by atoms with Crippen molar-refractivity contribution in [1.82, 2.24) is 24.6 Å². The number of hydrogen-bond donors (Lipinski definition) is 0. The number of piperidine rings is 1. The van der Waals surface area contributed by atoms with Crippen LogP contribution in [0, 0.1) is 6.92 Å². The molecule has 8 heteroatoms. The van der Waals surface area contributed by atoms with E-state index in [1.54, 1.807) is 24.1 Å². The second-order valence-electron chi connectivity index (χ2n) is 6.13. The minimum absolute atomic E-state index is 0.0435. The van der Waals surface area contributed by atoms with Crippen LogP contribution in [0.25, 0.3) is 0 Å². The molecule has 0 saturated carbocycles. The molecule has 3 rings (SSSR count). The number of aromatic nitrogens is 4. The van der Waals surface area contributed by atoms with E-state index in [4.69, 9.17) is 11.6 Å². The van der Waals surface area contributed by atoms with Crippen LogP contribution in [0.5, 0.6) is 0 Å². The van der Waals surface area contributed by atoms with Gasteiger partial charge in [-0.3, -0.25) is 9.48 Å². The molecule has 0 unspecified atom stereocenters. The Balaban J connectivity index is 1.62. The lowest BCUT2D eigenvalue weighted by atomic mass is 10.0. The molecular formula is C16H21ClN6O. The van der Waals surface area contributed by atoms with Gasteiger partial charge >= 0.3 is 0 Å². The van der Waals surface area contributed by atoms with Gasteiger partial charge in [0.2, 0.25) is 5.95 Å². The largest absolute Gasteiger partial charge is 0.341 e. The molecule has 0 atom stereocenters. The summed E-state index contributed by atoms with van der Waals surface area (Å²) in [7, 11) is 3.79. The molecule has 1 aliphatic rings. The lowest BCUT2D eigenvalue weighted by Gasteiger charge is -2.36. The number of halogens is 1. The Hall–Kier alpha value is -2.15. The van der Waals surface area contributed by atoms with Crippen LogP contribution in [-0.2, 0) is 7.05 Å². The molecule has 128 valence electrons. The first-order valence-corrected chi connectivity index (χ1v) is 8.34. The Bertz CT molecular complexity index is 721. The second kappa shape index (κ2) is 6.76. The quantitative estimate of drug-likeness (QED) is 0.847. The lowest BCUT2D eigenvalue weighted by Crippen LogP contribution is -2.46. The van der Waals surface area contributed by atoms with Crippen LogP contribution in [0.15, 0.2) is 18.5 Å². The van der Waals surface area contributed by atoms with Crippen molar-refractivity contribution in [3.05, 3.63) is 34.9 Å². The van der Waals surface area contributed by atoms with Gasteiger partial charge in [-0.05, 0) is 25.8 Å². The molecule has 24 heavy (non-hydrogen) atoms. The summed E-state index contributed by atoms with van der Waals surface area (Å²) in [5.74, 6) is 0.702. The molecule has 0 aliphatic carbocycles. The fourth-order valence-corrected chi connectivity index (χ4v) is 3.18. The molecule has 1 aliphatic heterocycles. The number of nitrogens with zero attached hydrogens (tertiary/aromatic N) is 6. The second-order valence-corrected chi connectivity index (χ2v) is 6.57. The van der Waals surface area contributed by atoms with Crippen molar-refractivity contribution in [2.24, 2.45) is 7.05 Å². The van der Waals surface area contributed by atoms with Crippen LogP contribution in [0.2, 0.25) is 5.02 Å². The topological polar surface area (TPSA) is 67.2 Å². The molecule has 3 heterocycles. The number of amides is 1. The number of rotatable bonds is 3. The number of carbonyl (C=O) groups is 1. The third-order valence-corrected chi connectivity index (χ3v) is 4.64. The molecule has 7 nitrogen and oxygen atoms in total. The minimum Gasteiger partial charge on any atom is -0.341 e. The smallest absolute Gasteiger partial charge is 0.272 e. The van der Waals surface area contributed by atoms with E-state index >= 15 is 0 Å². The molecule has 1 amide bonds. The highest BCUT2D eigenvalue weighted by molar-refractivity contribution is 6.30. The normalized spacial score (nSPS) is 15.6. The first-order valence-electron chi connectivity index (χ1n) is 7.96. The highest BCUT2D eigenvalue weighted by Gasteiger charge is 2.28. The molecule has 0 bridgehead atoms. The van der Waals surface area contributed by atoms with Gasteiger partial charge in [-0.1, -0.05) is 11.6 Å². The van der Waals surface area contributed by atoms with Crippen LogP contribution in [-0.4, -0.2) is 56.7 Å². The number of likely N-dealkylation sites (tertiary alicyclic amines) is 1. The number of aryl methyl sites for hydroxylation is 2. The molecule has 2 aromatic heterocycles. The Morgan fingerprint density at radius 1 is 1.29 bits per heavy atom. The monoisotopic (exact) mass is 348 g/mol. The van der Waals surface area contributed by atoms with Crippen LogP contribution in [0.1, 0.15) is 29.0 Å². The third kappa shape index (κ3) is 3.36. The van der Waals surface area contributed by atoms with E-state index < -0.39 is 0 Å². The summed E-state index contributed by atoms with van der Waals surface area (Å²) in [5.41, 5.74) is 1.50. The lowest BCUT2D eigenvalue weighted by molar-refractivity contribution is 0.0702. The van der Waals surface area contributed by atoms with Crippen LogP contribution in [0.4, 0.5) is 5.95 Å². The summed E-state index contributed by atoms with van der Waals surface area (Å²) >= 11 is 5.83. The van der Waals surface area contributed by atoms with Crippen LogP contribution < -0.4 is 4.90 Å². The van der Waals surface area contributed by atoms with E-state index in [9.17, 15) is 4.79 Å². The van der Waals surface area contributed by atoms with Crippen molar-refractivity contribution in [3.8, 4) is 0 Å². The maximum absolute atomic E-state index is 12.6. The molecule has 2 aromatic rings. The number of anilines is 1. The van der Waals surface area contributed by atoms with Crippen molar-refractivity contribution >= 4 is 23.5 Å². The SMILES string of the molecule is Cc1cc(C(=O)N2CCC(N(C)c3ncc(Cl)cn3)CC2)n(C)n1. The van der Waals surface area contributed by atoms with Gasteiger partial charge in [0, 0.05) is 33.2 Å². The van der Waals surface area contributed by atoms with Gasteiger partial charge in [0.25, 0.3) is 5.91 Å². The predicted molar refractivity (Wildman–Crippen MR) is 92.3 cm³/mol. The molecule has 1 fully saturated rings. The summed E-state index contributed by atoms with van der Waals surface area (Å²) in [6.45, 7) is 3.32. The predicted octanol–water partition coefficient (Wildman–Crippen LogP) is 1.91. The Labute approximate surface area is 146 Å². The van der Waals surface area contributed by atoms with E-state index in [1.807, 2.05) is 24.9 Å². The highest BCUT2D eigenvalue weighted by atomic mass is 35.5. The van der Waals surface area contributed by atoms with Gasteiger partial charge in [-0.25, -0.2) is 9.97 Å². The Morgan fingerprint density at radius 3 is 2.46 bits per heavy atom. The van der Waals surface area contributed by atoms with Crippen molar-refractivity contribution < 1.29 is 4.79 Å². The molecule has 0 N–H and O–H groups in total. The first kappa shape index (κ1) is 16.7. The zero-order valence-corrected chi connectivity index (χ0v) is 14.9. The van der Waals surface area contributed by atoms with Gasteiger partial charge in [-0.15, -0.1) is 0 Å². The first-order chi connectivity index (χ1) is 11.5. The van der Waals surface area contributed by atoms with Gasteiger partial charge in [-0.2, -0.15) is 5.10 Å². The molecule has 0 radical (unpaired) electrons. The summed E-state index contributed by atoms with van der Waals surface area (Å²) in [6, 6.07) is 2.14. The summed E-state index contributed by atoms with van der Waals surface area (Å²) in [5, 5.41) is 4.78. The molecule has 0 aromatic carbocycles. The maximum Gasteiger partial charge on any atom is 0.272 e. The average Bonchev–Trinajstić information content (AvgIpc) is 2.93. The van der Waals surface area contributed by atoms with E-state index in [0.717, 1.165) is 18.5 Å². The zero-order valence-electron chi connectivity index (χ0n) is 14.1. The highest BCUT2D eigenvalue weighted by Crippen LogP contribution is 2.21. The van der Waals surface area contributed by atoms with Crippen molar-refractivity contribution in [1.29, 1.82) is 0 Å². The van der Waals surface area contributed by atoms with E-state index in [2.05, 4.69) is 20.0 Å². The number of carbonyl (C=O) groups excluding carboxylic acids is 1. The third-order valence-electron chi connectivity index (χ3n) is 4.44. The summed E-state index contributed by atoms with van der Waals surface area (Å²) in [4.78, 5) is 25.1. The van der Waals surface area contributed by atoms with Crippen LogP contribution >= 0.6 is 11.6 Å². The fourth-order valence-electron chi connectivity index (χ4n) is 3.08. The van der Waals surface area contributed by atoms with E-state index in [-0.39, 0.29) is 5.91 Å². The minimum atomic E-state index is 0.0435. The van der Waals surface area contributed by atoms with E-state index in [1.165, 1.54) is 0 Å². The molecule has 0 spiro atoms. The fraction of sp³-hybridized carbons (Fsp3) is 0.500. The standard InChI is InChI=1S/C16H21ClN6O/c1-11-8-14(22(3)20-11)15(24)23-6-4-13(5-7-23)21(2)16-18-9-12(17)10-19-16/h8-10,13H,4-7H2,1-3H3. The van der Waals surface area contributed by atoms with Crippen molar-refractivity contribution in [2.45, 2.75) is 25.8 Å². The van der Waals surface area contributed by atoms with Gasteiger partial charge in [0.05, 0.1) is 23.1 Å². The summed E-state index contributed by atoms with van der Waals surface area (Å²) in [6.07, 6.45) is 4.96. The van der Waals surface area contributed by atoms with Gasteiger partial charge in [0.1, 0.15) is 5.69 Å². The summed E-state index contributed by atoms with van der Waals surface area (Å²) < 4.78 is 1.65.